The number of piperidine rings is 1. The number of benzene rings is 3. The molecule has 1 fully saturated rings. The third-order valence-electron chi connectivity index (χ3n) is 7.21. The van der Waals surface area contributed by atoms with Gasteiger partial charge in [-0.25, -0.2) is 4.79 Å². The van der Waals surface area contributed by atoms with Crippen molar-refractivity contribution in [2.75, 3.05) is 46.6 Å². The van der Waals surface area contributed by atoms with Gasteiger partial charge in [-0.05, 0) is 74.7 Å². The van der Waals surface area contributed by atoms with Crippen LogP contribution in [0, 0.1) is 0 Å². The molecule has 2 unspecified atom stereocenters. The van der Waals surface area contributed by atoms with Gasteiger partial charge in [-0.1, -0.05) is 42.5 Å². The summed E-state index contributed by atoms with van der Waals surface area (Å²) in [6.45, 7) is 9.54. The van der Waals surface area contributed by atoms with E-state index in [-0.39, 0.29) is 18.1 Å². The van der Waals surface area contributed by atoms with Gasteiger partial charge in [0, 0.05) is 39.0 Å². The highest BCUT2D eigenvalue weighted by atomic mass is 16.6. The number of carbonyl (C=O) groups excluding carboxylic acids is 1. The smallest absolute Gasteiger partial charge is 0.410 e. The molecule has 8 nitrogen and oxygen atoms in total. The van der Waals surface area contributed by atoms with E-state index in [0.29, 0.717) is 46.1 Å². The van der Waals surface area contributed by atoms with Crippen LogP contribution in [0.3, 0.4) is 0 Å². The Kier molecular flexibility index (Phi) is 12.8. The van der Waals surface area contributed by atoms with Crippen molar-refractivity contribution in [3.05, 3.63) is 90.0 Å². The monoisotopic (exact) mass is 605 g/mol. The molecule has 0 saturated carbocycles. The summed E-state index contributed by atoms with van der Waals surface area (Å²) in [5, 5.41) is 0. The van der Waals surface area contributed by atoms with Gasteiger partial charge in [-0.3, -0.25) is 0 Å². The van der Waals surface area contributed by atoms with Crippen LogP contribution in [0.2, 0.25) is 0 Å². The van der Waals surface area contributed by atoms with Crippen LogP contribution in [-0.4, -0.2) is 69.3 Å². The van der Waals surface area contributed by atoms with Gasteiger partial charge in [0.1, 0.15) is 22.8 Å². The lowest BCUT2D eigenvalue weighted by Gasteiger charge is -2.39. The van der Waals surface area contributed by atoms with Crippen molar-refractivity contribution in [2.24, 2.45) is 0 Å². The van der Waals surface area contributed by atoms with Crippen molar-refractivity contribution in [3.63, 3.8) is 0 Å². The quantitative estimate of drug-likeness (QED) is 0.169. The van der Waals surface area contributed by atoms with Crippen LogP contribution in [0.15, 0.2) is 78.9 Å². The molecule has 44 heavy (non-hydrogen) atoms. The van der Waals surface area contributed by atoms with Crippen LogP contribution in [-0.2, 0) is 20.8 Å². The van der Waals surface area contributed by atoms with Gasteiger partial charge in [-0.15, -0.1) is 0 Å². The maximum Gasteiger partial charge on any atom is 0.410 e. The van der Waals surface area contributed by atoms with Crippen molar-refractivity contribution in [1.82, 2.24) is 4.90 Å². The summed E-state index contributed by atoms with van der Waals surface area (Å²) in [4.78, 5) is 14.7. The second-order valence-electron chi connectivity index (χ2n) is 11.9. The molecule has 0 aliphatic carbocycles. The van der Waals surface area contributed by atoms with Crippen molar-refractivity contribution >= 4 is 6.09 Å². The molecular weight excluding hydrogens is 558 g/mol. The van der Waals surface area contributed by atoms with Gasteiger partial charge in [0.2, 0.25) is 0 Å². The van der Waals surface area contributed by atoms with Crippen molar-refractivity contribution in [3.8, 4) is 17.2 Å². The molecule has 1 aliphatic rings. The first-order valence-corrected chi connectivity index (χ1v) is 15.5. The Labute approximate surface area is 262 Å². The predicted octanol–water partition coefficient (Wildman–Crippen LogP) is 7.26. The van der Waals surface area contributed by atoms with Crippen LogP contribution in [0.4, 0.5) is 4.79 Å². The summed E-state index contributed by atoms with van der Waals surface area (Å²) in [7, 11) is 1.69. The molecule has 0 N–H and O–H groups in total. The molecule has 2 atom stereocenters. The standard InChI is InChI=1S/C36H47NO7/c1-36(2,3)44-35(38)37-20-19-33(34(26-37)43-27-28-11-8-14-32(25-28)42-22-9-21-39-4)29-15-17-31(18-16-29)41-24-10-23-40-30-12-6-5-7-13-30/h5-8,11-18,25,33-34H,9-10,19-24,26-27H2,1-4H3. The third kappa shape index (κ3) is 11.1. The Bertz CT molecular complexity index is 1260. The van der Waals surface area contributed by atoms with Gasteiger partial charge in [-0.2, -0.15) is 0 Å². The molecule has 3 aromatic carbocycles. The summed E-state index contributed by atoms with van der Waals surface area (Å²) in [5.41, 5.74) is 1.62. The number of methoxy groups -OCH3 is 1. The van der Waals surface area contributed by atoms with Crippen LogP contribution in [0.25, 0.3) is 0 Å². The lowest BCUT2D eigenvalue weighted by atomic mass is 9.87. The number of para-hydroxylation sites is 1. The Hall–Kier alpha value is -3.75. The summed E-state index contributed by atoms with van der Waals surface area (Å²) in [6.07, 6.45) is 1.87. The SMILES string of the molecule is COCCCOc1cccc(COC2CN(C(=O)OC(C)(C)C)CCC2c2ccc(OCCCOc3ccccc3)cc2)c1. The molecule has 0 spiro atoms. The first kappa shape index (κ1) is 33.1. The molecule has 3 aromatic rings. The summed E-state index contributed by atoms with van der Waals surface area (Å²) >= 11 is 0. The largest absolute Gasteiger partial charge is 0.493 e. The Morgan fingerprint density at radius 1 is 0.795 bits per heavy atom. The van der Waals surface area contributed by atoms with Crippen molar-refractivity contribution in [2.45, 2.75) is 64.3 Å². The zero-order valence-corrected chi connectivity index (χ0v) is 26.5. The van der Waals surface area contributed by atoms with E-state index >= 15 is 0 Å². The number of ether oxygens (including phenoxy) is 6. The minimum Gasteiger partial charge on any atom is -0.493 e. The highest BCUT2D eigenvalue weighted by Crippen LogP contribution is 2.33. The summed E-state index contributed by atoms with van der Waals surface area (Å²) in [5.74, 6) is 2.61. The maximum atomic E-state index is 12.9. The molecule has 4 rings (SSSR count). The summed E-state index contributed by atoms with van der Waals surface area (Å²) < 4.78 is 34.9. The minimum absolute atomic E-state index is 0.121. The molecule has 238 valence electrons. The topological polar surface area (TPSA) is 75.7 Å². The van der Waals surface area contributed by atoms with E-state index in [1.54, 1.807) is 12.0 Å². The zero-order chi connectivity index (χ0) is 31.2. The van der Waals surface area contributed by atoms with Crippen LogP contribution >= 0.6 is 0 Å². The average molecular weight is 606 g/mol. The van der Waals surface area contributed by atoms with Gasteiger partial charge in [0.15, 0.2) is 0 Å². The molecule has 8 heteroatoms. The molecule has 1 amide bonds. The normalized spacial score (nSPS) is 16.8. The predicted molar refractivity (Wildman–Crippen MR) is 171 cm³/mol. The van der Waals surface area contributed by atoms with Crippen LogP contribution in [0.1, 0.15) is 57.1 Å². The first-order chi connectivity index (χ1) is 21.3. The van der Waals surface area contributed by atoms with Crippen molar-refractivity contribution in [1.29, 1.82) is 0 Å². The fourth-order valence-corrected chi connectivity index (χ4v) is 5.05. The van der Waals surface area contributed by atoms with Gasteiger partial charge in [0.25, 0.3) is 0 Å². The lowest BCUT2D eigenvalue weighted by Crippen LogP contribution is -2.48. The average Bonchev–Trinajstić information content (AvgIpc) is 3.02. The maximum absolute atomic E-state index is 12.9. The van der Waals surface area contributed by atoms with E-state index in [9.17, 15) is 4.79 Å². The van der Waals surface area contributed by atoms with Crippen LogP contribution < -0.4 is 14.2 Å². The van der Waals surface area contributed by atoms with Crippen LogP contribution in [0.5, 0.6) is 17.2 Å². The van der Waals surface area contributed by atoms with E-state index in [2.05, 4.69) is 12.1 Å². The van der Waals surface area contributed by atoms with E-state index in [0.717, 1.165) is 47.6 Å². The number of carbonyl (C=O) groups is 1. The zero-order valence-electron chi connectivity index (χ0n) is 26.5. The Balaban J connectivity index is 1.35. The second kappa shape index (κ2) is 16.9. The number of likely N-dealkylation sites (tertiary alicyclic amines) is 1. The molecule has 0 aromatic heterocycles. The first-order valence-electron chi connectivity index (χ1n) is 15.5. The summed E-state index contributed by atoms with van der Waals surface area (Å²) in [6, 6.07) is 26.0. The number of nitrogens with zero attached hydrogens (tertiary/aromatic N) is 1. The second-order valence-corrected chi connectivity index (χ2v) is 11.9. The molecular formula is C36H47NO7. The lowest BCUT2D eigenvalue weighted by molar-refractivity contribution is -0.0360. The van der Waals surface area contributed by atoms with Gasteiger partial charge < -0.3 is 33.3 Å². The molecule has 1 saturated heterocycles. The van der Waals surface area contributed by atoms with E-state index in [1.165, 1.54) is 0 Å². The molecule has 1 heterocycles. The molecule has 0 bridgehead atoms. The number of hydrogen-bond acceptors (Lipinski definition) is 7. The van der Waals surface area contributed by atoms with Crippen molar-refractivity contribution < 1.29 is 33.2 Å². The fourth-order valence-electron chi connectivity index (χ4n) is 5.05. The van der Waals surface area contributed by atoms with Gasteiger partial charge >= 0.3 is 6.09 Å². The fraction of sp³-hybridized carbons (Fsp3) is 0.472. The highest BCUT2D eigenvalue weighted by Gasteiger charge is 2.35. The van der Waals surface area contributed by atoms with E-state index < -0.39 is 5.60 Å². The van der Waals surface area contributed by atoms with E-state index in [1.807, 2.05) is 87.5 Å². The minimum atomic E-state index is -0.558. The molecule has 1 aliphatic heterocycles. The number of rotatable bonds is 15. The Morgan fingerprint density at radius 2 is 1.43 bits per heavy atom. The number of amides is 1. The third-order valence-corrected chi connectivity index (χ3v) is 7.21. The molecule has 0 radical (unpaired) electrons. The van der Waals surface area contributed by atoms with E-state index in [4.69, 9.17) is 28.4 Å². The number of hydrogen-bond donors (Lipinski definition) is 0. The Morgan fingerprint density at radius 3 is 2.11 bits per heavy atom. The van der Waals surface area contributed by atoms with Gasteiger partial charge in [0.05, 0.1) is 39.1 Å². The highest BCUT2D eigenvalue weighted by molar-refractivity contribution is 5.68.